The Morgan fingerprint density at radius 2 is 2.03 bits per heavy atom. The van der Waals surface area contributed by atoms with Crippen molar-refractivity contribution >= 4 is 35.9 Å². The SMILES string of the molecule is CC(C)OC(=O)[C@H](C)N[P@@](=O)(OC[C@H]1OC(n2ccc(=O)[nH]c2=O)[C@](C)(O)[C@@H]1O)SCC1CC(=O)NC1=O. The predicted octanol–water partition coefficient (Wildman–Crippen LogP) is -1.00. The van der Waals surface area contributed by atoms with Crippen LogP contribution in [0.5, 0.6) is 0 Å². The van der Waals surface area contributed by atoms with Gasteiger partial charge in [-0.2, -0.15) is 0 Å². The van der Waals surface area contributed by atoms with E-state index in [1.165, 1.54) is 13.8 Å². The second-order valence-corrected chi connectivity index (χ2v) is 13.8. The van der Waals surface area contributed by atoms with Gasteiger partial charge in [-0.1, -0.05) is 11.4 Å². The van der Waals surface area contributed by atoms with Crippen LogP contribution in [0.1, 0.15) is 40.3 Å². The molecule has 2 aliphatic rings. The van der Waals surface area contributed by atoms with Crippen LogP contribution in [0.15, 0.2) is 21.9 Å². The summed E-state index contributed by atoms with van der Waals surface area (Å²) in [7, 11) is 0. The molecule has 0 aliphatic carbocycles. The number of imide groups is 1. The molecule has 212 valence electrons. The van der Waals surface area contributed by atoms with Gasteiger partial charge in [0.1, 0.15) is 23.9 Å². The fourth-order valence-corrected chi connectivity index (χ4v) is 7.85. The minimum absolute atomic E-state index is 0.0883. The van der Waals surface area contributed by atoms with Crippen LogP contribution in [0, 0.1) is 5.92 Å². The average molecular weight is 579 g/mol. The van der Waals surface area contributed by atoms with Crippen molar-refractivity contribution in [2.24, 2.45) is 5.92 Å². The molecule has 15 nitrogen and oxygen atoms in total. The van der Waals surface area contributed by atoms with Crippen LogP contribution in [-0.4, -0.2) is 79.9 Å². The number of amides is 2. The molecule has 3 rings (SSSR count). The lowest BCUT2D eigenvalue weighted by Gasteiger charge is -2.27. The largest absolute Gasteiger partial charge is 0.462 e. The first-order valence-corrected chi connectivity index (χ1v) is 14.9. The second-order valence-electron chi connectivity index (χ2n) is 9.45. The number of aromatic nitrogens is 2. The Morgan fingerprint density at radius 1 is 1.34 bits per heavy atom. The third-order valence-electron chi connectivity index (χ3n) is 5.84. The molecule has 0 radical (unpaired) electrons. The molecule has 2 saturated heterocycles. The number of nitrogens with one attached hydrogen (secondary N) is 3. The number of ether oxygens (including phenoxy) is 2. The highest BCUT2D eigenvalue weighted by Gasteiger charge is 2.54. The van der Waals surface area contributed by atoms with E-state index in [4.69, 9.17) is 14.0 Å². The number of hydrogen-bond donors (Lipinski definition) is 5. The molecule has 2 aliphatic heterocycles. The van der Waals surface area contributed by atoms with E-state index in [9.17, 15) is 38.8 Å². The molecule has 17 heteroatoms. The van der Waals surface area contributed by atoms with E-state index in [0.717, 1.165) is 16.8 Å². The van der Waals surface area contributed by atoms with Gasteiger partial charge in [-0.3, -0.25) is 38.6 Å². The van der Waals surface area contributed by atoms with E-state index < -0.39 is 84.5 Å². The molecule has 38 heavy (non-hydrogen) atoms. The van der Waals surface area contributed by atoms with Gasteiger partial charge in [-0.05, 0) is 27.7 Å². The Kier molecular flexibility index (Phi) is 9.40. The summed E-state index contributed by atoms with van der Waals surface area (Å²) >= 11 is 0.684. The predicted molar refractivity (Wildman–Crippen MR) is 133 cm³/mol. The van der Waals surface area contributed by atoms with Crippen LogP contribution in [0.25, 0.3) is 0 Å². The molecule has 2 amide bonds. The lowest BCUT2D eigenvalue weighted by Crippen LogP contribution is -2.47. The molecule has 7 atom stereocenters. The first-order valence-electron chi connectivity index (χ1n) is 11.7. The van der Waals surface area contributed by atoms with Crippen LogP contribution in [0.4, 0.5) is 0 Å². The topological polar surface area (TPSA) is 215 Å². The van der Waals surface area contributed by atoms with Gasteiger partial charge in [-0.15, -0.1) is 0 Å². The van der Waals surface area contributed by atoms with Crippen LogP contribution >= 0.6 is 18.1 Å². The highest BCUT2D eigenvalue weighted by atomic mass is 32.7. The van der Waals surface area contributed by atoms with Gasteiger partial charge < -0.3 is 24.2 Å². The first kappa shape index (κ1) is 30.2. The Hall–Kier alpha value is -2.33. The zero-order valence-electron chi connectivity index (χ0n) is 21.1. The summed E-state index contributed by atoms with van der Waals surface area (Å²) in [5.41, 5.74) is -3.57. The van der Waals surface area contributed by atoms with Gasteiger partial charge in [0.2, 0.25) is 11.8 Å². The molecule has 0 spiro atoms. The summed E-state index contributed by atoms with van der Waals surface area (Å²) in [5.74, 6) is -2.56. The van der Waals surface area contributed by atoms with E-state index in [1.54, 1.807) is 13.8 Å². The van der Waals surface area contributed by atoms with Crippen molar-refractivity contribution in [3.8, 4) is 0 Å². The van der Waals surface area contributed by atoms with Crippen LogP contribution in [-0.2, 0) is 32.9 Å². The third-order valence-corrected chi connectivity index (χ3v) is 10.0. The second kappa shape index (κ2) is 11.8. The molecule has 2 unspecified atom stereocenters. The zero-order valence-corrected chi connectivity index (χ0v) is 22.8. The molecule has 1 aromatic rings. The summed E-state index contributed by atoms with van der Waals surface area (Å²) in [6.07, 6.45) is -3.78. The fraction of sp³-hybridized carbons (Fsp3) is 0.667. The Balaban J connectivity index is 1.76. The summed E-state index contributed by atoms with van der Waals surface area (Å²) < 4.78 is 31.0. The monoisotopic (exact) mass is 578 g/mol. The highest BCUT2D eigenvalue weighted by Crippen LogP contribution is 2.57. The standard InChI is InChI=1S/C21H31N4O11PS/c1-10(2)35-18(30)11(3)24-37(33,38-9-12-7-15(27)22-17(12)29)34-8-13-16(28)21(4,32)19(36-13)25-6-5-14(26)23-20(25)31/h5-6,10-13,16,19,28,32H,7-9H2,1-4H3,(H,24,33)(H,22,27,29)(H,23,26,31)/t11-,12?,13+,16+,19?,21+,37+/m0/s1. The summed E-state index contributed by atoms with van der Waals surface area (Å²) in [6, 6.07) is -0.0624. The maximum Gasteiger partial charge on any atom is 0.330 e. The fourth-order valence-electron chi connectivity index (χ4n) is 3.83. The molecular weight excluding hydrogens is 547 g/mol. The average Bonchev–Trinajstić information content (AvgIpc) is 3.25. The van der Waals surface area contributed by atoms with Gasteiger partial charge in [-0.25, -0.2) is 9.88 Å². The molecule has 1 aromatic heterocycles. The van der Waals surface area contributed by atoms with E-state index in [2.05, 4.69) is 10.4 Å². The van der Waals surface area contributed by atoms with Gasteiger partial charge in [0, 0.05) is 24.4 Å². The van der Waals surface area contributed by atoms with Crippen molar-refractivity contribution in [1.29, 1.82) is 0 Å². The Morgan fingerprint density at radius 3 is 2.61 bits per heavy atom. The maximum atomic E-state index is 13.7. The van der Waals surface area contributed by atoms with Crippen molar-refractivity contribution in [2.75, 3.05) is 12.4 Å². The van der Waals surface area contributed by atoms with Crippen LogP contribution < -0.4 is 21.7 Å². The lowest BCUT2D eigenvalue weighted by molar-refractivity contribution is -0.149. The third kappa shape index (κ3) is 7.00. The van der Waals surface area contributed by atoms with Crippen molar-refractivity contribution in [3.63, 3.8) is 0 Å². The number of H-pyrrole nitrogens is 1. The Labute approximate surface area is 220 Å². The number of rotatable bonds is 11. The molecule has 5 N–H and O–H groups in total. The Bertz CT molecular complexity index is 1230. The number of aliphatic hydroxyl groups excluding tert-OH is 1. The smallest absolute Gasteiger partial charge is 0.330 e. The van der Waals surface area contributed by atoms with E-state index >= 15 is 0 Å². The van der Waals surface area contributed by atoms with E-state index in [1.807, 2.05) is 4.98 Å². The molecule has 0 saturated carbocycles. The number of aromatic amines is 1. The summed E-state index contributed by atoms with van der Waals surface area (Å²) in [6.45, 7) is 1.31. The van der Waals surface area contributed by atoms with Crippen molar-refractivity contribution in [1.82, 2.24) is 20.0 Å². The van der Waals surface area contributed by atoms with Crippen molar-refractivity contribution in [2.45, 2.75) is 70.3 Å². The van der Waals surface area contributed by atoms with E-state index in [0.29, 0.717) is 11.4 Å². The zero-order chi connectivity index (χ0) is 28.4. The van der Waals surface area contributed by atoms with Gasteiger partial charge in [0.25, 0.3) is 5.56 Å². The number of esters is 1. The minimum Gasteiger partial charge on any atom is -0.462 e. The highest BCUT2D eigenvalue weighted by molar-refractivity contribution is 8.56. The van der Waals surface area contributed by atoms with Gasteiger partial charge in [0.05, 0.1) is 18.6 Å². The van der Waals surface area contributed by atoms with Crippen molar-refractivity contribution < 1.29 is 43.2 Å². The first-order chi connectivity index (χ1) is 17.6. The number of nitrogens with zero attached hydrogens (tertiary/aromatic N) is 1. The number of carbonyl (C=O) groups excluding carboxylic acids is 3. The number of carbonyl (C=O) groups is 3. The molecule has 0 bridgehead atoms. The number of aliphatic hydroxyl groups is 2. The summed E-state index contributed by atoms with van der Waals surface area (Å²) in [4.78, 5) is 61.4. The van der Waals surface area contributed by atoms with Gasteiger partial charge in [0.15, 0.2) is 6.23 Å². The molecule has 3 heterocycles. The molecule has 0 aromatic carbocycles. The van der Waals surface area contributed by atoms with Crippen LogP contribution in [0.3, 0.4) is 0 Å². The maximum absolute atomic E-state index is 13.7. The lowest BCUT2D eigenvalue weighted by atomic mass is 9.96. The normalized spacial score (nSPS) is 29.8. The number of hydrogen-bond acceptors (Lipinski definition) is 12. The summed E-state index contributed by atoms with van der Waals surface area (Å²) in [5, 5.41) is 26.3. The molecule has 2 fully saturated rings. The van der Waals surface area contributed by atoms with E-state index in [-0.39, 0.29) is 12.2 Å². The van der Waals surface area contributed by atoms with Crippen LogP contribution in [0.2, 0.25) is 0 Å². The molecular formula is C21H31N4O11PS. The minimum atomic E-state index is -4.01. The van der Waals surface area contributed by atoms with Gasteiger partial charge >= 0.3 is 18.4 Å². The quantitative estimate of drug-likeness (QED) is 0.121. The van der Waals surface area contributed by atoms with Crippen molar-refractivity contribution in [3.05, 3.63) is 33.1 Å².